The van der Waals surface area contributed by atoms with Gasteiger partial charge in [-0.2, -0.15) is 0 Å². The minimum absolute atomic E-state index is 1.32. The minimum Gasteiger partial charge on any atom is -0.0683 e. The van der Waals surface area contributed by atoms with E-state index in [9.17, 15) is 0 Å². The van der Waals surface area contributed by atoms with Gasteiger partial charge in [0, 0.05) is 0 Å². The molecular formula is C24H28. The number of rotatable bonds is 0. The normalized spacial score (nSPS) is 10.1. The van der Waals surface area contributed by atoms with Crippen molar-refractivity contribution in [1.82, 2.24) is 0 Å². The Balaban J connectivity index is 0.000000487. The van der Waals surface area contributed by atoms with Crippen LogP contribution in [0.2, 0.25) is 0 Å². The van der Waals surface area contributed by atoms with Gasteiger partial charge in [0.15, 0.2) is 0 Å². The van der Waals surface area contributed by atoms with E-state index in [2.05, 4.69) is 74.5 Å². The van der Waals surface area contributed by atoms with Crippen molar-refractivity contribution in [3.8, 4) is 0 Å². The molecule has 4 aromatic rings. The average molecular weight is 316 g/mol. The third-order valence-electron chi connectivity index (χ3n) is 4.44. The number of aryl methyl sites for hydroxylation is 2. The first-order valence-corrected chi connectivity index (χ1v) is 9.07. The number of hydrogen-bond acceptors (Lipinski definition) is 0. The molecular weight excluding hydrogens is 288 g/mol. The summed E-state index contributed by atoms with van der Waals surface area (Å²) in [5, 5.41) is 8.19. The van der Waals surface area contributed by atoms with Crippen molar-refractivity contribution >= 4 is 32.3 Å². The van der Waals surface area contributed by atoms with Crippen molar-refractivity contribution in [2.24, 2.45) is 0 Å². The Morgan fingerprint density at radius 2 is 0.958 bits per heavy atom. The lowest BCUT2D eigenvalue weighted by atomic mass is 9.90. The second-order valence-electron chi connectivity index (χ2n) is 5.50. The lowest BCUT2D eigenvalue weighted by molar-refractivity contribution is 1.50. The zero-order valence-electron chi connectivity index (χ0n) is 15.8. The summed E-state index contributed by atoms with van der Waals surface area (Å²) in [5.74, 6) is 0. The van der Waals surface area contributed by atoms with Gasteiger partial charge < -0.3 is 0 Å². The van der Waals surface area contributed by atoms with E-state index in [4.69, 9.17) is 0 Å². The van der Waals surface area contributed by atoms with Gasteiger partial charge in [0.2, 0.25) is 0 Å². The van der Waals surface area contributed by atoms with Crippen LogP contribution in [0, 0.1) is 13.8 Å². The van der Waals surface area contributed by atoms with Gasteiger partial charge in [-0.1, -0.05) is 88.4 Å². The zero-order valence-corrected chi connectivity index (χ0v) is 15.8. The van der Waals surface area contributed by atoms with Gasteiger partial charge in [-0.05, 0) is 57.3 Å². The highest BCUT2D eigenvalue weighted by Crippen LogP contribution is 2.36. The van der Waals surface area contributed by atoms with Crippen molar-refractivity contribution in [1.29, 1.82) is 0 Å². The molecule has 0 saturated carbocycles. The molecule has 4 rings (SSSR count). The monoisotopic (exact) mass is 316 g/mol. The number of benzene rings is 4. The van der Waals surface area contributed by atoms with Gasteiger partial charge in [0.1, 0.15) is 0 Å². The molecule has 0 heteroatoms. The van der Waals surface area contributed by atoms with E-state index in [1.54, 1.807) is 0 Å². The van der Waals surface area contributed by atoms with Crippen LogP contribution in [-0.2, 0) is 0 Å². The highest BCUT2D eigenvalue weighted by molar-refractivity contribution is 6.16. The molecule has 0 aliphatic heterocycles. The summed E-state index contributed by atoms with van der Waals surface area (Å²) in [6.07, 6.45) is 0. The molecule has 0 nitrogen and oxygen atoms in total. The van der Waals surface area contributed by atoms with E-state index >= 15 is 0 Å². The topological polar surface area (TPSA) is 0 Å². The maximum absolute atomic E-state index is 2.27. The Labute approximate surface area is 146 Å². The van der Waals surface area contributed by atoms with Crippen LogP contribution in [0.5, 0.6) is 0 Å². The summed E-state index contributed by atoms with van der Waals surface area (Å²) in [6.45, 7) is 12.5. The molecule has 0 aliphatic carbocycles. The summed E-state index contributed by atoms with van der Waals surface area (Å²) in [6, 6.07) is 21.9. The van der Waals surface area contributed by atoms with Crippen LogP contribution in [0.25, 0.3) is 32.3 Å². The summed E-state index contributed by atoms with van der Waals surface area (Å²) in [5.41, 5.74) is 2.77. The predicted octanol–water partition coefficient (Wildman–Crippen LogP) is 7.82. The quantitative estimate of drug-likeness (QED) is 0.229. The van der Waals surface area contributed by atoms with Crippen LogP contribution in [0.1, 0.15) is 38.8 Å². The smallest absolute Gasteiger partial charge is 0.00671 e. The molecule has 0 N–H and O–H groups in total. The Hall–Kier alpha value is -2.34. The van der Waals surface area contributed by atoms with E-state index in [1.165, 1.54) is 43.4 Å². The average Bonchev–Trinajstić information content (AvgIpc) is 2.68. The van der Waals surface area contributed by atoms with Crippen LogP contribution in [0.15, 0.2) is 60.7 Å². The fourth-order valence-electron chi connectivity index (χ4n) is 3.40. The van der Waals surface area contributed by atoms with E-state index in [-0.39, 0.29) is 0 Å². The van der Waals surface area contributed by atoms with Crippen LogP contribution in [-0.4, -0.2) is 0 Å². The fourth-order valence-corrected chi connectivity index (χ4v) is 3.40. The highest BCUT2D eigenvalue weighted by atomic mass is 14.1. The minimum atomic E-state index is 1.32. The van der Waals surface area contributed by atoms with Gasteiger partial charge in [-0.25, -0.2) is 0 Å². The number of hydrogen-bond donors (Lipinski definition) is 0. The fraction of sp³-hybridized carbons (Fsp3) is 0.250. The van der Waals surface area contributed by atoms with Crippen LogP contribution in [0.3, 0.4) is 0 Å². The Morgan fingerprint density at radius 3 is 1.58 bits per heavy atom. The summed E-state index contributed by atoms with van der Waals surface area (Å²) >= 11 is 0. The van der Waals surface area contributed by atoms with Crippen molar-refractivity contribution < 1.29 is 0 Å². The molecule has 0 bridgehead atoms. The molecule has 0 fully saturated rings. The van der Waals surface area contributed by atoms with Crippen LogP contribution >= 0.6 is 0 Å². The first-order chi connectivity index (χ1) is 11.8. The molecule has 0 aromatic heterocycles. The molecule has 4 aromatic carbocycles. The third kappa shape index (κ3) is 2.89. The summed E-state index contributed by atoms with van der Waals surface area (Å²) in [7, 11) is 0. The molecule has 0 aliphatic rings. The van der Waals surface area contributed by atoms with E-state index in [0.717, 1.165) is 0 Å². The Morgan fingerprint density at radius 1 is 0.458 bits per heavy atom. The van der Waals surface area contributed by atoms with Crippen LogP contribution < -0.4 is 0 Å². The van der Waals surface area contributed by atoms with Crippen molar-refractivity contribution in [2.75, 3.05) is 0 Å². The van der Waals surface area contributed by atoms with E-state index in [1.807, 2.05) is 27.7 Å². The highest BCUT2D eigenvalue weighted by Gasteiger charge is 2.10. The SMILES string of the molecule is CC.CC.Cc1c2ccccc2c(C)c2c1ccc1ccccc12. The third-order valence-corrected chi connectivity index (χ3v) is 4.44. The van der Waals surface area contributed by atoms with Crippen LogP contribution in [0.4, 0.5) is 0 Å². The zero-order chi connectivity index (χ0) is 17.7. The van der Waals surface area contributed by atoms with Gasteiger partial charge in [-0.15, -0.1) is 0 Å². The van der Waals surface area contributed by atoms with Gasteiger partial charge in [0.25, 0.3) is 0 Å². The predicted molar refractivity (Wildman–Crippen MR) is 111 cm³/mol. The second-order valence-corrected chi connectivity index (χ2v) is 5.50. The van der Waals surface area contributed by atoms with Crippen molar-refractivity contribution in [2.45, 2.75) is 41.5 Å². The molecule has 0 amide bonds. The lowest BCUT2D eigenvalue weighted by Gasteiger charge is -2.14. The number of fused-ring (bicyclic) bond motifs is 4. The summed E-state index contributed by atoms with van der Waals surface area (Å²) < 4.78 is 0. The van der Waals surface area contributed by atoms with Crippen molar-refractivity contribution in [3.63, 3.8) is 0 Å². The van der Waals surface area contributed by atoms with Crippen molar-refractivity contribution in [3.05, 3.63) is 71.8 Å². The summed E-state index contributed by atoms with van der Waals surface area (Å²) in [4.78, 5) is 0. The van der Waals surface area contributed by atoms with E-state index < -0.39 is 0 Å². The first-order valence-electron chi connectivity index (χ1n) is 9.07. The largest absolute Gasteiger partial charge is 0.0683 e. The Kier molecular flexibility index (Phi) is 5.98. The first kappa shape index (κ1) is 18.0. The maximum atomic E-state index is 2.27. The molecule has 0 atom stereocenters. The molecule has 0 unspecified atom stereocenters. The molecule has 24 heavy (non-hydrogen) atoms. The Bertz CT molecular complexity index is 962. The van der Waals surface area contributed by atoms with Gasteiger partial charge in [0.05, 0.1) is 0 Å². The lowest BCUT2D eigenvalue weighted by Crippen LogP contribution is -1.89. The molecule has 124 valence electrons. The van der Waals surface area contributed by atoms with Gasteiger partial charge >= 0.3 is 0 Å². The molecule has 0 heterocycles. The standard InChI is InChI=1S/C20H16.2C2H6/c1-13-16-8-5-6-9-17(16)14(2)20-18(13)12-11-15-7-3-4-10-19(15)20;2*1-2/h3-12H,1-2H3;2*1-2H3. The van der Waals surface area contributed by atoms with E-state index in [0.29, 0.717) is 0 Å². The van der Waals surface area contributed by atoms with Gasteiger partial charge in [-0.3, -0.25) is 0 Å². The maximum Gasteiger partial charge on any atom is -0.00671 e. The molecule has 0 radical (unpaired) electrons. The molecule has 0 saturated heterocycles. The molecule has 0 spiro atoms. The second kappa shape index (κ2) is 7.97.